The zero-order valence-corrected chi connectivity index (χ0v) is 11.8. The van der Waals surface area contributed by atoms with Gasteiger partial charge in [-0.2, -0.15) is 0 Å². The van der Waals surface area contributed by atoms with Gasteiger partial charge in [0.2, 0.25) is 5.91 Å². The van der Waals surface area contributed by atoms with Gasteiger partial charge in [0, 0.05) is 10.6 Å². The van der Waals surface area contributed by atoms with Crippen molar-refractivity contribution in [2.45, 2.75) is 23.5 Å². The second-order valence-electron chi connectivity index (χ2n) is 4.87. The van der Waals surface area contributed by atoms with Crippen LogP contribution in [0, 0.1) is 12.7 Å². The quantitative estimate of drug-likeness (QED) is 0.910. The summed E-state index contributed by atoms with van der Waals surface area (Å²) in [7, 11) is 0. The predicted octanol–water partition coefficient (Wildman–Crippen LogP) is 3.79. The predicted molar refractivity (Wildman–Crippen MR) is 79.6 cm³/mol. The molecule has 2 aromatic carbocycles. The molecule has 0 aromatic heterocycles. The maximum absolute atomic E-state index is 13.2. The molecule has 1 unspecified atom stereocenters. The Kier molecular flexibility index (Phi) is 3.49. The number of thioether (sulfide) groups is 1. The van der Waals surface area contributed by atoms with E-state index in [2.05, 4.69) is 5.32 Å². The molecule has 0 saturated heterocycles. The molecule has 20 heavy (non-hydrogen) atoms. The summed E-state index contributed by atoms with van der Waals surface area (Å²) in [6, 6.07) is 12.5. The highest BCUT2D eigenvalue weighted by atomic mass is 32.2. The first-order chi connectivity index (χ1) is 9.63. The molecule has 0 radical (unpaired) electrons. The molecule has 0 aliphatic carbocycles. The highest BCUT2D eigenvalue weighted by Crippen LogP contribution is 2.37. The van der Waals surface area contributed by atoms with Crippen LogP contribution in [0.25, 0.3) is 0 Å². The van der Waals surface area contributed by atoms with E-state index in [-0.39, 0.29) is 17.0 Å². The van der Waals surface area contributed by atoms with Gasteiger partial charge in [0.15, 0.2) is 0 Å². The van der Waals surface area contributed by atoms with Crippen molar-refractivity contribution in [1.29, 1.82) is 0 Å². The fourth-order valence-electron chi connectivity index (χ4n) is 2.27. The van der Waals surface area contributed by atoms with Gasteiger partial charge in [0.1, 0.15) is 5.82 Å². The average Bonchev–Trinajstić information content (AvgIpc) is 2.87. The van der Waals surface area contributed by atoms with Crippen LogP contribution < -0.4 is 5.32 Å². The molecule has 2 aromatic rings. The minimum Gasteiger partial charge on any atom is -0.325 e. The minimum absolute atomic E-state index is 0.0695. The summed E-state index contributed by atoms with van der Waals surface area (Å²) in [5.41, 5.74) is 2.61. The summed E-state index contributed by atoms with van der Waals surface area (Å²) in [6.45, 7) is 1.85. The third-order valence-electron chi connectivity index (χ3n) is 3.40. The molecule has 1 aliphatic rings. The van der Waals surface area contributed by atoms with E-state index in [4.69, 9.17) is 0 Å². The molecule has 1 heterocycles. The number of carbonyl (C=O) groups excluding carboxylic acids is 1. The van der Waals surface area contributed by atoms with Gasteiger partial charge >= 0.3 is 0 Å². The van der Waals surface area contributed by atoms with Crippen molar-refractivity contribution < 1.29 is 9.18 Å². The Labute approximate surface area is 121 Å². The van der Waals surface area contributed by atoms with Crippen LogP contribution in [0.4, 0.5) is 10.1 Å². The number of aryl methyl sites for hydroxylation is 1. The third-order valence-corrected chi connectivity index (χ3v) is 4.71. The lowest BCUT2D eigenvalue weighted by molar-refractivity contribution is -0.115. The molecule has 1 atom stereocenters. The fraction of sp³-hybridized carbons (Fsp3) is 0.188. The summed E-state index contributed by atoms with van der Waals surface area (Å²) in [6.07, 6.45) is 0.723. The van der Waals surface area contributed by atoms with Crippen LogP contribution in [-0.4, -0.2) is 11.2 Å². The van der Waals surface area contributed by atoms with E-state index < -0.39 is 0 Å². The van der Waals surface area contributed by atoms with Gasteiger partial charge in [-0.3, -0.25) is 4.79 Å². The molecule has 3 rings (SSSR count). The number of benzene rings is 2. The molecule has 1 amide bonds. The first-order valence-electron chi connectivity index (χ1n) is 6.45. The molecule has 2 nitrogen and oxygen atoms in total. The standard InChI is InChI=1S/C16H14FNOS/c1-10-6-7-12(17)9-13(10)18-16(19)15-8-11-4-2-3-5-14(11)20-15/h2-7,9,15H,8H2,1H3,(H,18,19). The highest BCUT2D eigenvalue weighted by molar-refractivity contribution is 8.01. The highest BCUT2D eigenvalue weighted by Gasteiger charge is 2.28. The zero-order chi connectivity index (χ0) is 14.1. The maximum Gasteiger partial charge on any atom is 0.238 e. The van der Waals surface area contributed by atoms with Crippen LogP contribution in [0.2, 0.25) is 0 Å². The van der Waals surface area contributed by atoms with Gasteiger partial charge in [-0.15, -0.1) is 11.8 Å². The van der Waals surface area contributed by atoms with Gasteiger partial charge in [0.05, 0.1) is 5.25 Å². The molecule has 0 bridgehead atoms. The van der Waals surface area contributed by atoms with E-state index in [9.17, 15) is 9.18 Å². The van der Waals surface area contributed by atoms with E-state index in [0.717, 1.165) is 16.9 Å². The number of rotatable bonds is 2. The van der Waals surface area contributed by atoms with Crippen LogP contribution >= 0.6 is 11.8 Å². The number of amides is 1. The van der Waals surface area contributed by atoms with Crippen LogP contribution in [0.1, 0.15) is 11.1 Å². The van der Waals surface area contributed by atoms with Crippen LogP contribution in [-0.2, 0) is 11.2 Å². The van der Waals surface area contributed by atoms with Gasteiger partial charge in [0.25, 0.3) is 0 Å². The number of hydrogen-bond donors (Lipinski definition) is 1. The molecule has 0 spiro atoms. The normalized spacial score (nSPS) is 16.8. The lowest BCUT2D eigenvalue weighted by atomic mass is 10.1. The summed E-state index contributed by atoms with van der Waals surface area (Å²) < 4.78 is 13.2. The molecule has 0 fully saturated rings. The maximum atomic E-state index is 13.2. The molecule has 102 valence electrons. The zero-order valence-electron chi connectivity index (χ0n) is 11.0. The van der Waals surface area contributed by atoms with E-state index in [1.165, 1.54) is 17.7 Å². The van der Waals surface area contributed by atoms with Gasteiger partial charge < -0.3 is 5.32 Å². The third kappa shape index (κ3) is 2.56. The van der Waals surface area contributed by atoms with Gasteiger partial charge in [-0.1, -0.05) is 24.3 Å². The lowest BCUT2D eigenvalue weighted by Gasteiger charge is -2.12. The number of hydrogen-bond acceptors (Lipinski definition) is 2. The summed E-state index contributed by atoms with van der Waals surface area (Å²) in [4.78, 5) is 13.4. The lowest BCUT2D eigenvalue weighted by Crippen LogP contribution is -2.25. The smallest absolute Gasteiger partial charge is 0.238 e. The minimum atomic E-state index is -0.340. The second kappa shape index (κ2) is 5.29. The van der Waals surface area contributed by atoms with E-state index in [1.54, 1.807) is 17.8 Å². The number of fused-ring (bicyclic) bond motifs is 1. The Morgan fingerprint density at radius 2 is 2.10 bits per heavy atom. The van der Waals surface area contributed by atoms with Crippen molar-refractivity contribution >= 4 is 23.4 Å². The van der Waals surface area contributed by atoms with Crippen molar-refractivity contribution in [3.8, 4) is 0 Å². The topological polar surface area (TPSA) is 29.1 Å². The monoisotopic (exact) mass is 287 g/mol. The summed E-state index contributed by atoms with van der Waals surface area (Å²) in [5.74, 6) is -0.409. The Hall–Kier alpha value is -1.81. The molecular formula is C16H14FNOS. The van der Waals surface area contributed by atoms with Crippen LogP contribution in [0.5, 0.6) is 0 Å². The number of nitrogens with one attached hydrogen (secondary N) is 1. The largest absolute Gasteiger partial charge is 0.325 e. The molecule has 1 aliphatic heterocycles. The number of anilines is 1. The number of halogens is 1. The summed E-state index contributed by atoms with van der Waals surface area (Å²) >= 11 is 1.57. The molecule has 1 N–H and O–H groups in total. The first-order valence-corrected chi connectivity index (χ1v) is 7.33. The molecular weight excluding hydrogens is 273 g/mol. The average molecular weight is 287 g/mol. The SMILES string of the molecule is Cc1ccc(F)cc1NC(=O)C1Cc2ccccc2S1. The number of carbonyl (C=O) groups is 1. The second-order valence-corrected chi connectivity index (χ2v) is 6.11. The Morgan fingerprint density at radius 3 is 2.90 bits per heavy atom. The molecule has 0 saturated carbocycles. The van der Waals surface area contributed by atoms with E-state index >= 15 is 0 Å². The van der Waals surface area contributed by atoms with Crippen molar-refractivity contribution in [2.75, 3.05) is 5.32 Å². The van der Waals surface area contributed by atoms with Crippen molar-refractivity contribution in [1.82, 2.24) is 0 Å². The van der Waals surface area contributed by atoms with E-state index in [1.807, 2.05) is 31.2 Å². The summed E-state index contributed by atoms with van der Waals surface area (Å²) in [5, 5.41) is 2.68. The molecule has 4 heteroatoms. The van der Waals surface area contributed by atoms with Crippen LogP contribution in [0.15, 0.2) is 47.4 Å². The Balaban J connectivity index is 1.74. The van der Waals surface area contributed by atoms with Crippen molar-refractivity contribution in [2.24, 2.45) is 0 Å². The van der Waals surface area contributed by atoms with Gasteiger partial charge in [-0.05, 0) is 42.7 Å². The van der Waals surface area contributed by atoms with Gasteiger partial charge in [-0.25, -0.2) is 4.39 Å². The first kappa shape index (κ1) is 13.2. The Morgan fingerprint density at radius 1 is 1.30 bits per heavy atom. The fourth-order valence-corrected chi connectivity index (χ4v) is 3.47. The Bertz CT molecular complexity index is 646. The van der Waals surface area contributed by atoms with Crippen molar-refractivity contribution in [3.05, 3.63) is 59.4 Å². The van der Waals surface area contributed by atoms with Crippen molar-refractivity contribution in [3.63, 3.8) is 0 Å². The van der Waals surface area contributed by atoms with E-state index in [0.29, 0.717) is 5.69 Å². The van der Waals surface area contributed by atoms with Crippen LogP contribution in [0.3, 0.4) is 0 Å².